The number of nitrogens with zero attached hydrogens (tertiary/aromatic N) is 1. The summed E-state index contributed by atoms with van der Waals surface area (Å²) in [6.07, 6.45) is 0.558. The highest BCUT2D eigenvalue weighted by molar-refractivity contribution is 5.97. The van der Waals surface area contributed by atoms with E-state index in [1.807, 2.05) is 54.6 Å². The van der Waals surface area contributed by atoms with Gasteiger partial charge in [-0.05, 0) is 42.3 Å². The van der Waals surface area contributed by atoms with E-state index in [1.165, 1.54) is 0 Å². The van der Waals surface area contributed by atoms with Crippen molar-refractivity contribution in [2.75, 3.05) is 13.3 Å². The lowest BCUT2D eigenvalue weighted by molar-refractivity contribution is -0.120. The normalized spacial score (nSPS) is 13.0. The summed E-state index contributed by atoms with van der Waals surface area (Å²) in [6, 6.07) is 22.1. The molecule has 0 unspecified atom stereocenters. The number of carbonyl (C=O) groups is 2. The van der Waals surface area contributed by atoms with Crippen LogP contribution in [0.5, 0.6) is 11.5 Å². The molecule has 2 heterocycles. The summed E-state index contributed by atoms with van der Waals surface area (Å²) >= 11 is 0. The van der Waals surface area contributed by atoms with E-state index in [-0.39, 0.29) is 31.2 Å². The van der Waals surface area contributed by atoms with Crippen LogP contribution in [0.3, 0.4) is 0 Å². The maximum atomic E-state index is 12.7. The Kier molecular flexibility index (Phi) is 5.63. The zero-order chi connectivity index (χ0) is 22.6. The fourth-order valence-corrected chi connectivity index (χ4v) is 3.75. The van der Waals surface area contributed by atoms with E-state index >= 15 is 0 Å². The molecular weight excluding hydrogens is 420 g/mol. The van der Waals surface area contributed by atoms with Gasteiger partial charge in [0.15, 0.2) is 11.5 Å². The molecule has 0 spiro atoms. The number of H-pyrrole nitrogens is 1. The second-order valence-corrected chi connectivity index (χ2v) is 7.70. The molecule has 0 radical (unpaired) electrons. The molecule has 2 amide bonds. The lowest BCUT2D eigenvalue weighted by atomic mass is 10.1. The number of aromatic nitrogens is 2. The van der Waals surface area contributed by atoms with Gasteiger partial charge in [-0.2, -0.15) is 0 Å². The van der Waals surface area contributed by atoms with Gasteiger partial charge in [0, 0.05) is 5.56 Å². The molecule has 0 saturated carbocycles. The maximum absolute atomic E-state index is 12.7. The third-order valence-electron chi connectivity index (χ3n) is 5.40. The number of fused-ring (bicyclic) bond motifs is 2. The van der Waals surface area contributed by atoms with Crippen molar-refractivity contribution in [1.29, 1.82) is 0 Å². The fraction of sp³-hybridized carbons (Fsp3) is 0.160. The molecule has 8 nitrogen and oxygen atoms in total. The number of benzene rings is 3. The molecule has 1 aromatic heterocycles. The van der Waals surface area contributed by atoms with Crippen molar-refractivity contribution in [2.45, 2.75) is 12.5 Å². The predicted octanol–water partition coefficient (Wildman–Crippen LogP) is 3.12. The first-order valence-corrected chi connectivity index (χ1v) is 10.6. The van der Waals surface area contributed by atoms with Gasteiger partial charge in [-0.3, -0.25) is 9.59 Å². The molecule has 1 atom stereocenters. The molecule has 4 aromatic rings. The van der Waals surface area contributed by atoms with Crippen LogP contribution in [0.25, 0.3) is 11.0 Å². The van der Waals surface area contributed by atoms with Gasteiger partial charge in [0.2, 0.25) is 12.7 Å². The molecule has 3 N–H and O–H groups in total. The van der Waals surface area contributed by atoms with Gasteiger partial charge in [0.25, 0.3) is 5.91 Å². The van der Waals surface area contributed by atoms with Crippen LogP contribution < -0.4 is 20.1 Å². The third-order valence-corrected chi connectivity index (χ3v) is 5.40. The highest BCUT2D eigenvalue weighted by atomic mass is 16.7. The number of ether oxygens (including phenoxy) is 2. The lowest BCUT2D eigenvalue weighted by Gasteiger charge is -2.17. The van der Waals surface area contributed by atoms with E-state index in [0.29, 0.717) is 29.3 Å². The first kappa shape index (κ1) is 20.6. The molecule has 1 aliphatic heterocycles. The second kappa shape index (κ2) is 9.04. The Bertz CT molecular complexity index is 1270. The number of hydrogen-bond donors (Lipinski definition) is 3. The number of rotatable bonds is 7. The molecule has 0 fully saturated rings. The Morgan fingerprint density at radius 2 is 1.76 bits per heavy atom. The van der Waals surface area contributed by atoms with Crippen LogP contribution >= 0.6 is 0 Å². The van der Waals surface area contributed by atoms with Crippen LogP contribution in [-0.2, 0) is 11.2 Å². The minimum atomic E-state index is -0.380. The largest absolute Gasteiger partial charge is 0.454 e. The van der Waals surface area contributed by atoms with E-state index in [0.717, 1.165) is 16.6 Å². The van der Waals surface area contributed by atoms with Crippen molar-refractivity contribution in [1.82, 2.24) is 20.6 Å². The number of carbonyl (C=O) groups excluding carboxylic acids is 2. The summed E-state index contributed by atoms with van der Waals surface area (Å²) in [5.41, 5.74) is 3.18. The Hall–Kier alpha value is -4.33. The van der Waals surface area contributed by atoms with Gasteiger partial charge >= 0.3 is 0 Å². The fourth-order valence-electron chi connectivity index (χ4n) is 3.75. The van der Waals surface area contributed by atoms with Crippen LogP contribution in [0.15, 0.2) is 72.8 Å². The van der Waals surface area contributed by atoms with Gasteiger partial charge in [0.1, 0.15) is 5.82 Å². The van der Waals surface area contributed by atoms with E-state index < -0.39 is 0 Å². The standard InChI is InChI=1S/C25H22N4O4/c30-23(14-26-25(31)17-10-11-21-22(13-17)33-15-32-21)27-20(12-16-6-2-1-3-7-16)24-28-18-8-4-5-9-19(18)29-24/h1-11,13,20H,12,14-15H2,(H,26,31)(H,27,30)(H,28,29)/t20-/m0/s1. The first-order valence-electron chi connectivity index (χ1n) is 10.6. The Labute approximate surface area is 189 Å². The van der Waals surface area contributed by atoms with Gasteiger partial charge in [-0.1, -0.05) is 42.5 Å². The van der Waals surface area contributed by atoms with Crippen molar-refractivity contribution in [3.8, 4) is 11.5 Å². The van der Waals surface area contributed by atoms with E-state index in [2.05, 4.69) is 20.6 Å². The molecule has 0 saturated heterocycles. The van der Waals surface area contributed by atoms with Gasteiger partial charge in [0.05, 0.1) is 23.6 Å². The Morgan fingerprint density at radius 3 is 2.61 bits per heavy atom. The van der Waals surface area contributed by atoms with Crippen molar-refractivity contribution in [2.24, 2.45) is 0 Å². The molecule has 1 aliphatic rings. The van der Waals surface area contributed by atoms with Gasteiger partial charge in [-0.25, -0.2) is 4.98 Å². The quantitative estimate of drug-likeness (QED) is 0.408. The van der Waals surface area contributed by atoms with Crippen LogP contribution in [0.2, 0.25) is 0 Å². The topological polar surface area (TPSA) is 105 Å². The number of hydrogen-bond acceptors (Lipinski definition) is 5. The van der Waals surface area contributed by atoms with Crippen molar-refractivity contribution < 1.29 is 19.1 Å². The number of imidazole rings is 1. The molecule has 166 valence electrons. The average molecular weight is 442 g/mol. The highest BCUT2D eigenvalue weighted by Gasteiger charge is 2.20. The SMILES string of the molecule is O=C(CNC(=O)c1ccc2c(c1)OCO2)N[C@@H](Cc1ccccc1)c1nc2ccccc2[nH]1. The third kappa shape index (κ3) is 4.64. The minimum absolute atomic E-state index is 0.132. The Morgan fingerprint density at radius 1 is 0.970 bits per heavy atom. The average Bonchev–Trinajstić information content (AvgIpc) is 3.49. The molecule has 3 aromatic carbocycles. The zero-order valence-corrected chi connectivity index (χ0v) is 17.7. The molecule has 33 heavy (non-hydrogen) atoms. The van der Waals surface area contributed by atoms with Crippen molar-refractivity contribution in [3.05, 3.63) is 89.7 Å². The van der Waals surface area contributed by atoms with Crippen LogP contribution in [0.4, 0.5) is 0 Å². The summed E-state index contributed by atoms with van der Waals surface area (Å²) < 4.78 is 10.6. The van der Waals surface area contributed by atoms with E-state index in [9.17, 15) is 9.59 Å². The summed E-state index contributed by atoms with van der Waals surface area (Å²) in [7, 11) is 0. The number of para-hydroxylation sites is 2. The minimum Gasteiger partial charge on any atom is -0.454 e. The van der Waals surface area contributed by atoms with Crippen molar-refractivity contribution in [3.63, 3.8) is 0 Å². The van der Waals surface area contributed by atoms with E-state index in [1.54, 1.807) is 18.2 Å². The summed E-state index contributed by atoms with van der Waals surface area (Å²) in [4.78, 5) is 33.2. The smallest absolute Gasteiger partial charge is 0.251 e. The zero-order valence-electron chi connectivity index (χ0n) is 17.7. The highest BCUT2D eigenvalue weighted by Crippen LogP contribution is 2.32. The van der Waals surface area contributed by atoms with Crippen molar-refractivity contribution >= 4 is 22.8 Å². The van der Waals surface area contributed by atoms with Gasteiger partial charge in [-0.15, -0.1) is 0 Å². The number of aromatic amines is 1. The molecule has 0 bridgehead atoms. The van der Waals surface area contributed by atoms with Crippen LogP contribution in [0.1, 0.15) is 27.8 Å². The van der Waals surface area contributed by atoms with E-state index in [4.69, 9.17) is 9.47 Å². The second-order valence-electron chi connectivity index (χ2n) is 7.70. The predicted molar refractivity (Wildman–Crippen MR) is 122 cm³/mol. The first-order chi connectivity index (χ1) is 16.2. The molecule has 8 heteroatoms. The van der Waals surface area contributed by atoms with Gasteiger partial charge < -0.3 is 25.1 Å². The molecule has 5 rings (SSSR count). The summed E-state index contributed by atoms with van der Waals surface area (Å²) in [5.74, 6) is 1.09. The lowest BCUT2D eigenvalue weighted by Crippen LogP contribution is -2.39. The molecular formula is C25H22N4O4. The maximum Gasteiger partial charge on any atom is 0.251 e. The summed E-state index contributed by atoms with van der Waals surface area (Å²) in [6.45, 7) is -0.0355. The van der Waals surface area contributed by atoms with Crippen LogP contribution in [0, 0.1) is 0 Å². The summed E-state index contributed by atoms with van der Waals surface area (Å²) in [5, 5.41) is 5.66. The molecule has 0 aliphatic carbocycles. The number of nitrogens with one attached hydrogen (secondary N) is 3. The monoisotopic (exact) mass is 442 g/mol. The van der Waals surface area contributed by atoms with Crippen LogP contribution in [-0.4, -0.2) is 35.1 Å². The Balaban J connectivity index is 1.27. The number of amides is 2.